The van der Waals surface area contributed by atoms with E-state index in [1.165, 1.54) is 4.90 Å². The molecule has 1 aromatic carbocycles. The number of hydrogen-bond donors (Lipinski definition) is 1. The van der Waals surface area contributed by atoms with Gasteiger partial charge in [0.15, 0.2) is 0 Å². The predicted molar refractivity (Wildman–Crippen MR) is 74.4 cm³/mol. The van der Waals surface area contributed by atoms with E-state index in [4.69, 9.17) is 11.6 Å². The number of amides is 1. The van der Waals surface area contributed by atoms with E-state index in [-0.39, 0.29) is 0 Å². The van der Waals surface area contributed by atoms with Crippen LogP contribution in [0, 0.1) is 3.57 Å². The highest BCUT2D eigenvalue weighted by Gasteiger charge is 2.29. The fourth-order valence-electron chi connectivity index (χ4n) is 1.41. The van der Waals surface area contributed by atoms with Crippen LogP contribution < -0.4 is 4.90 Å². The Hall–Kier alpha value is -0.490. The molecule has 16 heavy (non-hydrogen) atoms. The lowest BCUT2D eigenvalue weighted by Crippen LogP contribution is -2.45. The molecule has 0 fully saturated rings. The second-order valence-electron chi connectivity index (χ2n) is 4.38. The molecule has 88 valence electrons. The molecule has 0 spiro atoms. The highest BCUT2D eigenvalue weighted by Crippen LogP contribution is 2.30. The maximum absolute atomic E-state index is 11.3. The topological polar surface area (TPSA) is 40.5 Å². The third-order valence-corrected chi connectivity index (χ3v) is 3.11. The number of carbonyl (C=O) groups is 1. The van der Waals surface area contributed by atoms with Gasteiger partial charge < -0.3 is 5.11 Å². The van der Waals surface area contributed by atoms with Crippen LogP contribution in [-0.4, -0.2) is 16.7 Å². The van der Waals surface area contributed by atoms with Gasteiger partial charge in [-0.05, 0) is 61.6 Å². The summed E-state index contributed by atoms with van der Waals surface area (Å²) in [5, 5.41) is 9.85. The first-order chi connectivity index (χ1) is 7.23. The molecule has 1 aromatic rings. The van der Waals surface area contributed by atoms with Crippen LogP contribution in [0.3, 0.4) is 0 Å². The first-order valence-corrected chi connectivity index (χ1v) is 6.17. The van der Waals surface area contributed by atoms with Crippen LogP contribution in [0.5, 0.6) is 0 Å². The third-order valence-electron chi connectivity index (χ3n) is 2.01. The van der Waals surface area contributed by atoms with Crippen LogP contribution in [0.1, 0.15) is 20.8 Å². The Bertz CT molecular complexity index is 415. The summed E-state index contributed by atoms with van der Waals surface area (Å²) >= 11 is 7.93. The largest absolute Gasteiger partial charge is 0.465 e. The fourth-order valence-corrected chi connectivity index (χ4v) is 2.53. The molecule has 0 aliphatic carbocycles. The Balaban J connectivity index is 3.28. The van der Waals surface area contributed by atoms with Crippen molar-refractivity contribution in [3.05, 3.63) is 26.8 Å². The molecule has 0 atom stereocenters. The average Bonchev–Trinajstić information content (AvgIpc) is 2.06. The summed E-state index contributed by atoms with van der Waals surface area (Å²) < 4.78 is 0.822. The summed E-state index contributed by atoms with van der Waals surface area (Å²) in [6, 6.07) is 5.17. The summed E-state index contributed by atoms with van der Waals surface area (Å²) in [4.78, 5) is 12.6. The second-order valence-corrected chi connectivity index (χ2v) is 5.98. The van der Waals surface area contributed by atoms with E-state index >= 15 is 0 Å². The second kappa shape index (κ2) is 4.79. The molecule has 5 heteroatoms. The minimum absolute atomic E-state index is 0.487. The van der Waals surface area contributed by atoms with Crippen molar-refractivity contribution in [2.75, 3.05) is 4.90 Å². The van der Waals surface area contributed by atoms with Crippen LogP contribution >= 0.6 is 34.2 Å². The smallest absolute Gasteiger partial charge is 0.412 e. The van der Waals surface area contributed by atoms with Crippen LogP contribution in [0.25, 0.3) is 0 Å². The number of anilines is 1. The van der Waals surface area contributed by atoms with E-state index < -0.39 is 11.6 Å². The van der Waals surface area contributed by atoms with Crippen LogP contribution in [-0.2, 0) is 0 Å². The highest BCUT2D eigenvalue weighted by molar-refractivity contribution is 14.1. The molecule has 1 amide bonds. The van der Waals surface area contributed by atoms with Gasteiger partial charge in [0.2, 0.25) is 0 Å². The molecular weight excluding hydrogens is 340 g/mol. The molecule has 0 bridgehead atoms. The Morgan fingerprint density at radius 3 is 2.38 bits per heavy atom. The van der Waals surface area contributed by atoms with Gasteiger partial charge >= 0.3 is 6.09 Å². The maximum Gasteiger partial charge on any atom is 0.412 e. The number of hydrogen-bond acceptors (Lipinski definition) is 1. The van der Waals surface area contributed by atoms with Crippen LogP contribution in [0.4, 0.5) is 10.5 Å². The zero-order chi connectivity index (χ0) is 12.5. The average molecular weight is 354 g/mol. The van der Waals surface area contributed by atoms with Gasteiger partial charge in [-0.2, -0.15) is 0 Å². The van der Waals surface area contributed by atoms with Crippen molar-refractivity contribution < 1.29 is 9.90 Å². The van der Waals surface area contributed by atoms with Gasteiger partial charge in [0.05, 0.1) is 5.69 Å². The Labute approximate surface area is 114 Å². The standard InChI is InChI=1S/C11H13ClINO2/c1-11(2,3)14(10(15)16)9-5-4-7(12)6-8(9)13/h4-6H,1-3H3,(H,15,16). The predicted octanol–water partition coefficient (Wildman–Crippen LogP) is 4.23. The van der Waals surface area contributed by atoms with E-state index in [2.05, 4.69) is 22.6 Å². The summed E-state index contributed by atoms with van der Waals surface area (Å²) in [6.45, 7) is 5.56. The maximum atomic E-state index is 11.3. The SMILES string of the molecule is CC(C)(C)N(C(=O)O)c1ccc(Cl)cc1I. The normalized spacial score (nSPS) is 11.3. The Kier molecular flexibility index (Phi) is 4.07. The van der Waals surface area contributed by atoms with E-state index in [1.54, 1.807) is 18.2 Å². The Morgan fingerprint density at radius 2 is 2.00 bits per heavy atom. The van der Waals surface area contributed by atoms with Crippen molar-refractivity contribution in [2.45, 2.75) is 26.3 Å². The van der Waals surface area contributed by atoms with Crippen LogP contribution in [0.15, 0.2) is 18.2 Å². The summed E-state index contributed by atoms with van der Waals surface area (Å²) in [7, 11) is 0. The first-order valence-electron chi connectivity index (χ1n) is 4.71. The van der Waals surface area contributed by atoms with Gasteiger partial charge in [-0.3, -0.25) is 4.90 Å². The lowest BCUT2D eigenvalue weighted by Gasteiger charge is -2.33. The van der Waals surface area contributed by atoms with E-state index in [9.17, 15) is 9.90 Å². The quantitative estimate of drug-likeness (QED) is 0.768. The monoisotopic (exact) mass is 353 g/mol. The molecule has 0 aliphatic heterocycles. The number of carboxylic acid groups (broad SMARTS) is 1. The molecule has 0 heterocycles. The third kappa shape index (κ3) is 3.01. The molecule has 0 saturated carbocycles. The van der Waals surface area contributed by atoms with E-state index in [1.807, 2.05) is 20.8 Å². The molecule has 1 rings (SSSR count). The molecule has 1 N–H and O–H groups in total. The van der Waals surface area contributed by atoms with Crippen molar-refractivity contribution >= 4 is 46.0 Å². The van der Waals surface area contributed by atoms with Gasteiger partial charge in [-0.1, -0.05) is 11.6 Å². The van der Waals surface area contributed by atoms with Crippen LogP contribution in [0.2, 0.25) is 5.02 Å². The molecule has 0 saturated heterocycles. The number of benzene rings is 1. The molecule has 0 radical (unpaired) electrons. The summed E-state index contributed by atoms with van der Waals surface area (Å²) in [5.41, 5.74) is 0.171. The van der Waals surface area contributed by atoms with Gasteiger partial charge in [0.25, 0.3) is 0 Å². The van der Waals surface area contributed by atoms with E-state index in [0.29, 0.717) is 10.7 Å². The minimum Gasteiger partial charge on any atom is -0.465 e. The van der Waals surface area contributed by atoms with Crippen molar-refractivity contribution in [3.8, 4) is 0 Å². The number of nitrogens with zero attached hydrogens (tertiary/aromatic N) is 1. The molecule has 0 unspecified atom stereocenters. The summed E-state index contributed by atoms with van der Waals surface area (Å²) in [5.74, 6) is 0. The lowest BCUT2D eigenvalue weighted by atomic mass is 10.1. The number of halogens is 2. The van der Waals surface area contributed by atoms with Crippen molar-refractivity contribution in [2.24, 2.45) is 0 Å². The number of rotatable bonds is 1. The van der Waals surface area contributed by atoms with Gasteiger partial charge in [-0.15, -0.1) is 0 Å². The van der Waals surface area contributed by atoms with Crippen molar-refractivity contribution in [1.29, 1.82) is 0 Å². The first kappa shape index (κ1) is 13.6. The molecule has 0 aliphatic rings. The fraction of sp³-hybridized carbons (Fsp3) is 0.364. The van der Waals surface area contributed by atoms with Gasteiger partial charge in [-0.25, -0.2) is 4.79 Å². The van der Waals surface area contributed by atoms with Crippen molar-refractivity contribution in [1.82, 2.24) is 0 Å². The molecular formula is C11H13ClINO2. The zero-order valence-electron chi connectivity index (χ0n) is 9.29. The van der Waals surface area contributed by atoms with E-state index in [0.717, 1.165) is 3.57 Å². The Morgan fingerprint density at radius 1 is 1.44 bits per heavy atom. The summed E-state index contributed by atoms with van der Waals surface area (Å²) in [6.07, 6.45) is -0.965. The lowest BCUT2D eigenvalue weighted by molar-refractivity contribution is 0.195. The highest BCUT2D eigenvalue weighted by atomic mass is 127. The molecule has 3 nitrogen and oxygen atoms in total. The van der Waals surface area contributed by atoms with Crippen molar-refractivity contribution in [3.63, 3.8) is 0 Å². The van der Waals surface area contributed by atoms with Gasteiger partial charge in [0, 0.05) is 14.1 Å². The van der Waals surface area contributed by atoms with Gasteiger partial charge in [0.1, 0.15) is 0 Å². The zero-order valence-corrected chi connectivity index (χ0v) is 12.2. The minimum atomic E-state index is -0.965. The molecule has 0 aromatic heterocycles.